The number of H-pyrrole nitrogens is 1. The van der Waals surface area contributed by atoms with Gasteiger partial charge in [0, 0.05) is 0 Å². The fraction of sp³-hybridized carbons (Fsp3) is 0.150. The first kappa shape index (κ1) is 17.9. The first-order valence-electron chi connectivity index (χ1n) is 8.10. The zero-order valence-electron chi connectivity index (χ0n) is 14.3. The van der Waals surface area contributed by atoms with Gasteiger partial charge in [0.25, 0.3) is 5.56 Å². The number of aromatic carboxylic acids is 1. The van der Waals surface area contributed by atoms with E-state index in [1.807, 2.05) is 24.3 Å². The number of hydrogen-bond donors (Lipinski definition) is 2. The molecule has 3 rings (SSSR count). The number of aromatic nitrogens is 2. The Balaban J connectivity index is 2.03. The molecule has 0 radical (unpaired) electrons. The van der Waals surface area contributed by atoms with Crippen LogP contribution in [0.3, 0.4) is 0 Å². The normalized spacial score (nSPS) is 11.9. The molecule has 0 bridgehead atoms. The number of carbonyl (C=O) groups is 1. The van der Waals surface area contributed by atoms with E-state index in [0.29, 0.717) is 11.3 Å². The van der Waals surface area contributed by atoms with E-state index in [1.165, 1.54) is 23.8 Å². The minimum atomic E-state index is -1.08. The second kappa shape index (κ2) is 7.14. The molecular weight excluding hydrogens is 352 g/mol. The van der Waals surface area contributed by atoms with Crippen LogP contribution < -0.4 is 5.56 Å². The summed E-state index contributed by atoms with van der Waals surface area (Å²) in [6, 6.07) is 12.1. The summed E-state index contributed by atoms with van der Waals surface area (Å²) >= 11 is 6.33. The van der Waals surface area contributed by atoms with Gasteiger partial charge in [0.2, 0.25) is 0 Å². The molecule has 0 spiro atoms. The summed E-state index contributed by atoms with van der Waals surface area (Å²) in [7, 11) is 0. The minimum absolute atomic E-state index is 0.0610. The molecule has 5 nitrogen and oxygen atoms in total. The third-order valence-corrected chi connectivity index (χ3v) is 4.36. The first-order chi connectivity index (χ1) is 12.3. The van der Waals surface area contributed by atoms with E-state index in [1.54, 1.807) is 6.08 Å². The predicted octanol–water partition coefficient (Wildman–Crippen LogP) is 4.48. The number of fused-ring (bicyclic) bond motifs is 1. The molecule has 0 aliphatic rings. The number of nitrogens with one attached hydrogen (secondary N) is 1. The lowest BCUT2D eigenvalue weighted by Crippen LogP contribution is -2.11. The van der Waals surface area contributed by atoms with Gasteiger partial charge in [0.15, 0.2) is 5.82 Å². The van der Waals surface area contributed by atoms with Crippen LogP contribution in [0, 0.1) is 0 Å². The largest absolute Gasteiger partial charge is 0.478 e. The SMILES string of the molecule is CC(C)c1ccc(C=C(Cl)c2nc3cc(C(=O)O)ccc3c(=O)[nH]2)cc1. The molecule has 2 aromatic carbocycles. The van der Waals surface area contributed by atoms with Crippen molar-refractivity contribution in [2.45, 2.75) is 19.8 Å². The zero-order chi connectivity index (χ0) is 18.8. The molecule has 26 heavy (non-hydrogen) atoms. The van der Waals surface area contributed by atoms with Crippen LogP contribution in [-0.2, 0) is 0 Å². The third-order valence-electron chi connectivity index (χ3n) is 4.08. The van der Waals surface area contributed by atoms with Gasteiger partial charge in [-0.2, -0.15) is 0 Å². The molecule has 0 aliphatic carbocycles. The molecule has 0 saturated heterocycles. The van der Waals surface area contributed by atoms with Crippen LogP contribution in [0.1, 0.15) is 47.1 Å². The Labute approximate surface area is 155 Å². The van der Waals surface area contributed by atoms with Crippen LogP contribution in [0.25, 0.3) is 22.0 Å². The van der Waals surface area contributed by atoms with Gasteiger partial charge in [-0.15, -0.1) is 0 Å². The number of benzene rings is 2. The highest BCUT2D eigenvalue weighted by Crippen LogP contribution is 2.22. The van der Waals surface area contributed by atoms with Gasteiger partial charge >= 0.3 is 5.97 Å². The molecule has 0 amide bonds. The Bertz CT molecular complexity index is 1070. The van der Waals surface area contributed by atoms with Crippen molar-refractivity contribution in [1.29, 1.82) is 0 Å². The Kier molecular flexibility index (Phi) is 4.91. The number of aromatic amines is 1. The first-order valence-corrected chi connectivity index (χ1v) is 8.48. The Morgan fingerprint density at radius 3 is 2.50 bits per heavy atom. The molecule has 0 unspecified atom stereocenters. The van der Waals surface area contributed by atoms with E-state index in [2.05, 4.69) is 23.8 Å². The van der Waals surface area contributed by atoms with E-state index in [-0.39, 0.29) is 27.5 Å². The maximum atomic E-state index is 12.2. The summed E-state index contributed by atoms with van der Waals surface area (Å²) in [6.45, 7) is 4.24. The molecule has 0 saturated carbocycles. The molecular formula is C20H17ClN2O3. The molecule has 0 fully saturated rings. The highest BCUT2D eigenvalue weighted by molar-refractivity contribution is 6.50. The van der Waals surface area contributed by atoms with Gasteiger partial charge in [0.05, 0.1) is 21.5 Å². The fourth-order valence-corrected chi connectivity index (χ4v) is 2.79. The number of carboxylic acid groups (broad SMARTS) is 1. The van der Waals surface area contributed by atoms with Crippen molar-refractivity contribution < 1.29 is 9.90 Å². The standard InChI is InChI=1S/C20H17ClN2O3/c1-11(2)13-5-3-12(4-6-13)9-16(21)18-22-17-10-14(20(25)26)7-8-15(17)19(24)23-18/h3-11H,1-2H3,(H,25,26)(H,22,23,24). The van der Waals surface area contributed by atoms with Crippen molar-refractivity contribution in [3.05, 3.63) is 75.3 Å². The van der Waals surface area contributed by atoms with Gasteiger partial charge in [-0.3, -0.25) is 4.79 Å². The summed E-state index contributed by atoms with van der Waals surface area (Å²) in [6.07, 6.45) is 1.71. The second-order valence-electron chi connectivity index (χ2n) is 6.27. The second-order valence-corrected chi connectivity index (χ2v) is 6.67. The lowest BCUT2D eigenvalue weighted by molar-refractivity contribution is 0.0697. The summed E-state index contributed by atoms with van der Waals surface area (Å²) in [5.74, 6) is -0.451. The average molecular weight is 369 g/mol. The quantitative estimate of drug-likeness (QED) is 0.711. The number of carboxylic acids is 1. The highest BCUT2D eigenvalue weighted by atomic mass is 35.5. The summed E-state index contributed by atoms with van der Waals surface area (Å²) < 4.78 is 0. The summed E-state index contributed by atoms with van der Waals surface area (Å²) in [4.78, 5) is 30.3. The summed E-state index contributed by atoms with van der Waals surface area (Å²) in [5, 5.41) is 9.67. The molecule has 6 heteroatoms. The van der Waals surface area contributed by atoms with Crippen molar-refractivity contribution in [3.8, 4) is 0 Å². The topological polar surface area (TPSA) is 83.0 Å². The van der Waals surface area contributed by atoms with Gasteiger partial charge in [-0.25, -0.2) is 9.78 Å². The molecule has 3 aromatic rings. The monoisotopic (exact) mass is 368 g/mol. The van der Waals surface area contributed by atoms with Crippen LogP contribution in [0.15, 0.2) is 47.3 Å². The molecule has 2 N–H and O–H groups in total. The number of rotatable bonds is 4. The van der Waals surface area contributed by atoms with E-state index in [0.717, 1.165) is 5.56 Å². The Morgan fingerprint density at radius 2 is 1.88 bits per heavy atom. The maximum absolute atomic E-state index is 12.2. The Hall–Kier alpha value is -2.92. The smallest absolute Gasteiger partial charge is 0.335 e. The van der Waals surface area contributed by atoms with Crippen molar-refractivity contribution in [2.75, 3.05) is 0 Å². The third kappa shape index (κ3) is 3.68. The lowest BCUT2D eigenvalue weighted by atomic mass is 10.0. The van der Waals surface area contributed by atoms with Crippen LogP contribution in [-0.4, -0.2) is 21.0 Å². The molecule has 0 atom stereocenters. The average Bonchev–Trinajstić information content (AvgIpc) is 2.61. The lowest BCUT2D eigenvalue weighted by Gasteiger charge is -2.06. The molecule has 132 valence electrons. The van der Waals surface area contributed by atoms with Crippen LogP contribution >= 0.6 is 11.6 Å². The van der Waals surface area contributed by atoms with Crippen LogP contribution in [0.2, 0.25) is 0 Å². The van der Waals surface area contributed by atoms with E-state index in [4.69, 9.17) is 16.7 Å². The van der Waals surface area contributed by atoms with Gasteiger partial charge in [0.1, 0.15) is 0 Å². The predicted molar refractivity (Wildman–Crippen MR) is 104 cm³/mol. The highest BCUT2D eigenvalue weighted by Gasteiger charge is 2.10. The molecule has 0 aliphatic heterocycles. The van der Waals surface area contributed by atoms with E-state index >= 15 is 0 Å². The maximum Gasteiger partial charge on any atom is 0.335 e. The van der Waals surface area contributed by atoms with Gasteiger partial charge in [-0.1, -0.05) is 49.7 Å². The number of halogens is 1. The molecule has 1 heterocycles. The Morgan fingerprint density at radius 1 is 1.19 bits per heavy atom. The van der Waals surface area contributed by atoms with Crippen LogP contribution in [0.4, 0.5) is 0 Å². The zero-order valence-corrected chi connectivity index (χ0v) is 15.0. The minimum Gasteiger partial charge on any atom is -0.478 e. The molecule has 1 aromatic heterocycles. The van der Waals surface area contributed by atoms with Crippen LogP contribution in [0.5, 0.6) is 0 Å². The van der Waals surface area contributed by atoms with Crippen molar-refractivity contribution in [1.82, 2.24) is 9.97 Å². The van der Waals surface area contributed by atoms with Crippen molar-refractivity contribution in [3.63, 3.8) is 0 Å². The van der Waals surface area contributed by atoms with E-state index < -0.39 is 5.97 Å². The van der Waals surface area contributed by atoms with Gasteiger partial charge in [-0.05, 0) is 41.3 Å². The van der Waals surface area contributed by atoms with E-state index in [9.17, 15) is 9.59 Å². The van der Waals surface area contributed by atoms with Crippen molar-refractivity contribution >= 4 is 39.6 Å². The number of hydrogen-bond acceptors (Lipinski definition) is 3. The van der Waals surface area contributed by atoms with Gasteiger partial charge < -0.3 is 10.1 Å². The van der Waals surface area contributed by atoms with Crippen molar-refractivity contribution in [2.24, 2.45) is 0 Å². The fourth-order valence-electron chi connectivity index (χ4n) is 2.58. The summed E-state index contributed by atoms with van der Waals surface area (Å²) in [5.41, 5.74) is 2.07. The number of nitrogens with zero attached hydrogens (tertiary/aromatic N) is 1.